The molecule has 0 aliphatic carbocycles. The number of hydrogen-bond donors (Lipinski definition) is 1. The van der Waals surface area contributed by atoms with E-state index in [4.69, 9.17) is 0 Å². The Labute approximate surface area is 120 Å². The predicted octanol–water partition coefficient (Wildman–Crippen LogP) is 3.08. The van der Waals surface area contributed by atoms with Crippen LogP contribution in [0.3, 0.4) is 0 Å². The van der Waals surface area contributed by atoms with Gasteiger partial charge in [-0.25, -0.2) is 4.98 Å². The van der Waals surface area contributed by atoms with Crippen molar-refractivity contribution >= 4 is 17.7 Å². The van der Waals surface area contributed by atoms with E-state index in [0.29, 0.717) is 5.75 Å². The Bertz CT molecular complexity index is 379. The molecule has 0 fully saturated rings. The number of carbonyl (C=O) groups excluding carboxylic acids is 1. The van der Waals surface area contributed by atoms with E-state index in [1.165, 1.54) is 31.0 Å². The van der Waals surface area contributed by atoms with Crippen molar-refractivity contribution in [2.24, 2.45) is 0 Å². The summed E-state index contributed by atoms with van der Waals surface area (Å²) >= 11 is 1.50. The highest BCUT2D eigenvalue weighted by Gasteiger charge is 2.09. The van der Waals surface area contributed by atoms with Crippen molar-refractivity contribution in [2.75, 3.05) is 5.75 Å². The molecule has 0 spiro atoms. The maximum atomic E-state index is 11.8. The van der Waals surface area contributed by atoms with Crippen LogP contribution in [0.4, 0.5) is 0 Å². The summed E-state index contributed by atoms with van der Waals surface area (Å²) < 4.78 is 2.04. The first-order valence-electron chi connectivity index (χ1n) is 7.10. The molecule has 108 valence electrons. The van der Waals surface area contributed by atoms with Crippen LogP contribution in [0.25, 0.3) is 0 Å². The number of hydrogen-bond acceptors (Lipinski definition) is 3. The molecule has 0 aliphatic rings. The molecule has 1 aromatic rings. The number of nitrogens with one attached hydrogen (secondary N) is 1. The first-order valence-corrected chi connectivity index (χ1v) is 8.09. The van der Waals surface area contributed by atoms with E-state index in [-0.39, 0.29) is 11.9 Å². The quantitative estimate of drug-likeness (QED) is 0.559. The number of aromatic nitrogens is 2. The van der Waals surface area contributed by atoms with E-state index in [2.05, 4.69) is 31.1 Å². The van der Waals surface area contributed by atoms with Gasteiger partial charge in [0.25, 0.3) is 0 Å². The maximum Gasteiger partial charge on any atom is 0.230 e. The van der Waals surface area contributed by atoms with Crippen LogP contribution in [0.5, 0.6) is 0 Å². The fourth-order valence-corrected chi connectivity index (χ4v) is 2.73. The number of amides is 1. The Hall–Kier alpha value is -0.970. The Morgan fingerprint density at radius 2 is 2.26 bits per heavy atom. The van der Waals surface area contributed by atoms with Gasteiger partial charge in [-0.15, -0.1) is 0 Å². The Morgan fingerprint density at radius 3 is 2.95 bits per heavy atom. The number of nitrogens with zero attached hydrogens (tertiary/aromatic N) is 2. The number of unbranched alkanes of at least 4 members (excludes halogenated alkanes) is 2. The molecule has 1 N–H and O–H groups in total. The molecule has 1 rings (SSSR count). The Balaban J connectivity index is 2.24. The lowest BCUT2D eigenvalue weighted by Crippen LogP contribution is -2.33. The lowest BCUT2D eigenvalue weighted by Gasteiger charge is -2.13. The minimum atomic E-state index is 0.0969. The van der Waals surface area contributed by atoms with Crippen molar-refractivity contribution in [3.63, 3.8) is 0 Å². The monoisotopic (exact) mass is 283 g/mol. The molecule has 0 aromatic carbocycles. The lowest BCUT2D eigenvalue weighted by molar-refractivity contribution is -0.119. The smallest absolute Gasteiger partial charge is 0.230 e. The van der Waals surface area contributed by atoms with Gasteiger partial charge in [-0.05, 0) is 20.3 Å². The standard InChI is InChI=1S/C14H25N3OS/c1-4-6-7-8-12(3)16-13(18)11-19-14-15-9-10-17(14)5-2/h9-10,12H,4-8,11H2,1-3H3,(H,16,18). The third-order valence-electron chi connectivity index (χ3n) is 3.00. The van der Waals surface area contributed by atoms with E-state index >= 15 is 0 Å². The minimum Gasteiger partial charge on any atom is -0.353 e. The molecule has 0 saturated heterocycles. The van der Waals surface area contributed by atoms with Crippen molar-refractivity contribution in [1.29, 1.82) is 0 Å². The normalized spacial score (nSPS) is 12.4. The van der Waals surface area contributed by atoms with Gasteiger partial charge in [-0.2, -0.15) is 0 Å². The van der Waals surface area contributed by atoms with Crippen LogP contribution in [0.15, 0.2) is 17.6 Å². The molecule has 5 heteroatoms. The number of thioether (sulfide) groups is 1. The Kier molecular flexibility index (Phi) is 7.63. The fraction of sp³-hybridized carbons (Fsp3) is 0.714. The summed E-state index contributed by atoms with van der Waals surface area (Å²) in [4.78, 5) is 16.1. The van der Waals surface area contributed by atoms with E-state index < -0.39 is 0 Å². The highest BCUT2D eigenvalue weighted by molar-refractivity contribution is 7.99. The van der Waals surface area contributed by atoms with Crippen LogP contribution in [0, 0.1) is 0 Å². The third kappa shape index (κ3) is 6.14. The molecule has 1 heterocycles. The minimum absolute atomic E-state index is 0.0969. The van der Waals surface area contributed by atoms with E-state index in [1.807, 2.05) is 10.8 Å². The van der Waals surface area contributed by atoms with Gasteiger partial charge in [-0.1, -0.05) is 37.9 Å². The second kappa shape index (κ2) is 9.02. The summed E-state index contributed by atoms with van der Waals surface area (Å²) in [5, 5.41) is 3.96. The van der Waals surface area contributed by atoms with Crippen molar-refractivity contribution in [1.82, 2.24) is 14.9 Å². The highest BCUT2D eigenvalue weighted by atomic mass is 32.2. The molecule has 1 amide bonds. The molecule has 1 atom stereocenters. The maximum absolute atomic E-state index is 11.8. The van der Waals surface area contributed by atoms with Gasteiger partial charge in [0.1, 0.15) is 0 Å². The number of carbonyl (C=O) groups is 1. The zero-order valence-corrected chi connectivity index (χ0v) is 13.0. The predicted molar refractivity (Wildman–Crippen MR) is 80.4 cm³/mol. The molecule has 0 radical (unpaired) electrons. The summed E-state index contributed by atoms with van der Waals surface area (Å²) in [6.45, 7) is 7.22. The molecule has 1 unspecified atom stereocenters. The molecule has 0 saturated carbocycles. The molecular weight excluding hydrogens is 258 g/mol. The van der Waals surface area contributed by atoms with Crippen LogP contribution in [-0.4, -0.2) is 27.3 Å². The molecule has 1 aromatic heterocycles. The number of imidazole rings is 1. The van der Waals surface area contributed by atoms with Crippen LogP contribution < -0.4 is 5.32 Å². The van der Waals surface area contributed by atoms with Crippen molar-refractivity contribution < 1.29 is 4.79 Å². The summed E-state index contributed by atoms with van der Waals surface area (Å²) in [5.74, 6) is 0.537. The zero-order valence-electron chi connectivity index (χ0n) is 12.2. The van der Waals surface area contributed by atoms with Gasteiger partial charge in [-0.3, -0.25) is 4.79 Å². The largest absolute Gasteiger partial charge is 0.353 e. The molecular formula is C14H25N3OS. The van der Waals surface area contributed by atoms with Crippen LogP contribution in [0.2, 0.25) is 0 Å². The van der Waals surface area contributed by atoms with Gasteiger partial charge >= 0.3 is 0 Å². The SMILES string of the molecule is CCCCCC(C)NC(=O)CSc1nccn1CC. The average Bonchev–Trinajstić information content (AvgIpc) is 2.84. The number of aryl methyl sites for hydroxylation is 1. The van der Waals surface area contributed by atoms with Gasteiger partial charge in [0.2, 0.25) is 5.91 Å². The lowest BCUT2D eigenvalue weighted by atomic mass is 10.1. The van der Waals surface area contributed by atoms with E-state index in [1.54, 1.807) is 6.20 Å². The number of rotatable bonds is 9. The molecule has 19 heavy (non-hydrogen) atoms. The Morgan fingerprint density at radius 1 is 1.47 bits per heavy atom. The average molecular weight is 283 g/mol. The van der Waals surface area contributed by atoms with Crippen molar-refractivity contribution in [3.8, 4) is 0 Å². The highest BCUT2D eigenvalue weighted by Crippen LogP contribution is 2.15. The first kappa shape index (κ1) is 16.1. The van der Waals surface area contributed by atoms with Gasteiger partial charge in [0, 0.05) is 25.0 Å². The van der Waals surface area contributed by atoms with E-state index in [0.717, 1.165) is 18.1 Å². The van der Waals surface area contributed by atoms with Gasteiger partial charge in [0.05, 0.1) is 5.75 Å². The summed E-state index contributed by atoms with van der Waals surface area (Å²) in [5.41, 5.74) is 0. The second-order valence-electron chi connectivity index (χ2n) is 4.75. The molecule has 0 aliphatic heterocycles. The third-order valence-corrected chi connectivity index (χ3v) is 4.00. The van der Waals surface area contributed by atoms with Crippen LogP contribution in [-0.2, 0) is 11.3 Å². The zero-order chi connectivity index (χ0) is 14.1. The van der Waals surface area contributed by atoms with Gasteiger partial charge < -0.3 is 9.88 Å². The van der Waals surface area contributed by atoms with Crippen LogP contribution >= 0.6 is 11.8 Å². The summed E-state index contributed by atoms with van der Waals surface area (Å²) in [7, 11) is 0. The molecule has 4 nitrogen and oxygen atoms in total. The molecule has 0 bridgehead atoms. The van der Waals surface area contributed by atoms with Gasteiger partial charge in [0.15, 0.2) is 5.16 Å². The van der Waals surface area contributed by atoms with Crippen molar-refractivity contribution in [2.45, 2.75) is 64.2 Å². The first-order chi connectivity index (χ1) is 9.17. The second-order valence-corrected chi connectivity index (χ2v) is 5.69. The topological polar surface area (TPSA) is 46.9 Å². The summed E-state index contributed by atoms with van der Waals surface area (Å²) in [6, 6.07) is 0.269. The van der Waals surface area contributed by atoms with E-state index in [9.17, 15) is 4.79 Å². The fourth-order valence-electron chi connectivity index (χ4n) is 1.90. The van der Waals surface area contributed by atoms with Crippen molar-refractivity contribution in [3.05, 3.63) is 12.4 Å². The van der Waals surface area contributed by atoms with Crippen LogP contribution in [0.1, 0.15) is 46.5 Å². The summed E-state index contributed by atoms with van der Waals surface area (Å²) in [6.07, 6.45) is 8.42.